The second kappa shape index (κ2) is 10.4. The van der Waals surface area contributed by atoms with Gasteiger partial charge in [0.25, 0.3) is 11.8 Å². The number of halogens is 3. The van der Waals surface area contributed by atoms with E-state index in [-0.39, 0.29) is 36.8 Å². The molecule has 4 unspecified atom stereocenters. The molecule has 1 aromatic carbocycles. The summed E-state index contributed by atoms with van der Waals surface area (Å²) in [5.74, 6) is -2.07. The normalized spacial score (nSPS) is 27.8. The molecule has 32 heavy (non-hydrogen) atoms. The van der Waals surface area contributed by atoms with Crippen LogP contribution in [0.25, 0.3) is 0 Å². The number of hydrogen-bond donors (Lipinski definition) is 0. The highest BCUT2D eigenvalue weighted by Crippen LogP contribution is 2.46. The van der Waals surface area contributed by atoms with Gasteiger partial charge in [0.2, 0.25) is 0 Å². The molecule has 1 saturated heterocycles. The van der Waals surface area contributed by atoms with Crippen LogP contribution in [-0.4, -0.2) is 34.9 Å². The van der Waals surface area contributed by atoms with Crippen molar-refractivity contribution in [1.82, 2.24) is 5.06 Å². The minimum absolute atomic E-state index is 0.0182. The summed E-state index contributed by atoms with van der Waals surface area (Å²) in [6, 6.07) is 3.89. The van der Waals surface area contributed by atoms with Crippen LogP contribution in [0, 0.1) is 28.5 Å². The predicted octanol–water partition coefficient (Wildman–Crippen LogP) is 4.85. The van der Waals surface area contributed by atoms with Gasteiger partial charge in [0.1, 0.15) is 6.10 Å². The molecule has 0 bridgehead atoms. The number of imide groups is 1. The Balaban J connectivity index is 1.47. The largest absolute Gasteiger partial charge is 0.458 e. The Morgan fingerprint density at radius 3 is 2.22 bits per heavy atom. The quantitative estimate of drug-likeness (QED) is 0.188. The van der Waals surface area contributed by atoms with Crippen molar-refractivity contribution in [2.45, 2.75) is 57.5 Å². The molecule has 0 N–H and O–H groups in total. The fraction of sp³-hybridized carbons (Fsp3) is 0.545. The van der Waals surface area contributed by atoms with Gasteiger partial charge in [-0.15, -0.1) is 5.06 Å². The van der Waals surface area contributed by atoms with Crippen molar-refractivity contribution in [3.05, 3.63) is 28.4 Å². The summed E-state index contributed by atoms with van der Waals surface area (Å²) in [7, 11) is 0. The van der Waals surface area contributed by atoms with Crippen molar-refractivity contribution < 1.29 is 28.8 Å². The molecule has 1 aromatic rings. The second-order valence-electron chi connectivity index (χ2n) is 8.45. The van der Waals surface area contributed by atoms with Crippen molar-refractivity contribution in [2.75, 3.05) is 0 Å². The summed E-state index contributed by atoms with van der Waals surface area (Å²) in [5, 5.41) is 0.632. The summed E-state index contributed by atoms with van der Waals surface area (Å²) < 4.78 is 8.78. The molecule has 1 aliphatic heterocycles. The molecule has 0 spiro atoms. The molecular formula is C22H22I3NO6. The van der Waals surface area contributed by atoms with E-state index in [0.29, 0.717) is 17.0 Å². The van der Waals surface area contributed by atoms with Gasteiger partial charge in [-0.25, -0.2) is 9.59 Å². The first-order valence-corrected chi connectivity index (χ1v) is 13.9. The fourth-order valence-electron chi connectivity index (χ4n) is 5.11. The maximum absolute atomic E-state index is 13.1. The highest BCUT2D eigenvalue weighted by Gasteiger charge is 2.46. The van der Waals surface area contributed by atoms with Gasteiger partial charge >= 0.3 is 11.9 Å². The van der Waals surface area contributed by atoms with Crippen LogP contribution in [-0.2, 0) is 24.0 Å². The lowest BCUT2D eigenvalue weighted by atomic mass is 9.64. The number of benzene rings is 1. The van der Waals surface area contributed by atoms with Crippen LogP contribution in [0.1, 0.15) is 61.7 Å². The lowest BCUT2D eigenvalue weighted by Crippen LogP contribution is -2.45. The third-order valence-corrected chi connectivity index (χ3v) is 10.6. The third-order valence-electron chi connectivity index (χ3n) is 6.62. The number of fused-ring (bicyclic) bond motifs is 1. The van der Waals surface area contributed by atoms with E-state index in [1.54, 1.807) is 0 Å². The van der Waals surface area contributed by atoms with Crippen molar-refractivity contribution >= 4 is 91.5 Å². The topological polar surface area (TPSA) is 90.0 Å². The lowest BCUT2D eigenvalue weighted by Gasteiger charge is -2.44. The van der Waals surface area contributed by atoms with E-state index >= 15 is 0 Å². The van der Waals surface area contributed by atoms with Gasteiger partial charge in [0.15, 0.2) is 0 Å². The molecule has 4 atom stereocenters. The zero-order valence-electron chi connectivity index (χ0n) is 17.2. The molecule has 2 saturated carbocycles. The van der Waals surface area contributed by atoms with Crippen LogP contribution < -0.4 is 0 Å². The smallest absolute Gasteiger partial charge is 0.340 e. The maximum Gasteiger partial charge on any atom is 0.340 e. The van der Waals surface area contributed by atoms with Crippen molar-refractivity contribution in [1.29, 1.82) is 0 Å². The Hall–Kier alpha value is -0.510. The minimum Gasteiger partial charge on any atom is -0.458 e. The molecule has 3 fully saturated rings. The van der Waals surface area contributed by atoms with Crippen molar-refractivity contribution in [2.24, 2.45) is 17.8 Å². The van der Waals surface area contributed by atoms with E-state index in [0.717, 1.165) is 42.8 Å². The monoisotopic (exact) mass is 777 g/mol. The first kappa shape index (κ1) is 24.6. The van der Waals surface area contributed by atoms with Crippen LogP contribution in [0.3, 0.4) is 0 Å². The number of amides is 2. The summed E-state index contributed by atoms with van der Waals surface area (Å²) in [4.78, 5) is 54.9. The van der Waals surface area contributed by atoms with Gasteiger partial charge in [-0.2, -0.15) is 0 Å². The van der Waals surface area contributed by atoms with Crippen LogP contribution in [0.5, 0.6) is 0 Å². The van der Waals surface area contributed by atoms with E-state index in [1.165, 1.54) is 0 Å². The lowest BCUT2D eigenvalue weighted by molar-refractivity contribution is -0.204. The number of rotatable bonds is 4. The van der Waals surface area contributed by atoms with E-state index in [1.807, 2.05) is 12.1 Å². The summed E-state index contributed by atoms with van der Waals surface area (Å²) in [5.41, 5.74) is 0.595. The van der Waals surface area contributed by atoms with Crippen molar-refractivity contribution in [3.8, 4) is 0 Å². The van der Waals surface area contributed by atoms with Crippen LogP contribution >= 0.6 is 67.8 Å². The van der Waals surface area contributed by atoms with Gasteiger partial charge in [-0.3, -0.25) is 9.59 Å². The Bertz CT molecular complexity index is 951. The number of nitrogens with zero attached hydrogens (tertiary/aromatic N) is 1. The number of ether oxygens (including phenoxy) is 1. The number of esters is 1. The van der Waals surface area contributed by atoms with Gasteiger partial charge in [0.05, 0.1) is 11.5 Å². The van der Waals surface area contributed by atoms with Gasteiger partial charge < -0.3 is 9.57 Å². The molecule has 2 aliphatic carbocycles. The minimum atomic E-state index is -0.517. The SMILES string of the molecule is O=C(OC1CCCC2C(C(=O)ON3C(=O)CCC3=O)CCCC12)c1c(I)ccc(I)c1I. The number of hydroxylamine groups is 2. The third kappa shape index (κ3) is 4.96. The van der Waals surface area contributed by atoms with Gasteiger partial charge in [0, 0.05) is 23.6 Å². The first-order valence-electron chi connectivity index (χ1n) is 10.7. The summed E-state index contributed by atoms with van der Waals surface area (Å²) >= 11 is 6.55. The molecular weight excluding hydrogens is 755 g/mol. The zero-order valence-corrected chi connectivity index (χ0v) is 23.6. The number of carbonyl (C=O) groups excluding carboxylic acids is 4. The van der Waals surface area contributed by atoms with Crippen LogP contribution in [0.15, 0.2) is 12.1 Å². The highest BCUT2D eigenvalue weighted by molar-refractivity contribution is 14.1. The Labute approximate surface area is 227 Å². The first-order chi connectivity index (χ1) is 15.3. The zero-order chi connectivity index (χ0) is 23.0. The maximum atomic E-state index is 13.1. The fourth-order valence-corrected chi connectivity index (χ4v) is 7.44. The molecule has 0 radical (unpaired) electrons. The Kier molecular flexibility index (Phi) is 8.00. The molecule has 7 nitrogen and oxygen atoms in total. The molecule has 10 heteroatoms. The van der Waals surface area contributed by atoms with Crippen LogP contribution in [0.4, 0.5) is 0 Å². The van der Waals surface area contributed by atoms with Gasteiger partial charge in [-0.1, -0.05) is 6.42 Å². The van der Waals surface area contributed by atoms with Crippen LogP contribution in [0.2, 0.25) is 0 Å². The average Bonchev–Trinajstić information content (AvgIpc) is 3.08. The highest BCUT2D eigenvalue weighted by atomic mass is 127. The number of carbonyl (C=O) groups is 4. The molecule has 172 valence electrons. The standard InChI is InChI=1S/C22H22I3NO6/c23-14-7-8-15(24)20(25)19(14)22(30)31-16-6-2-3-11-12(16)4-1-5-13(11)21(29)32-26-17(27)9-10-18(26)28/h7-8,11-13,16H,1-6,9-10H2. The summed E-state index contributed by atoms with van der Waals surface area (Å²) in [6.45, 7) is 0. The molecule has 3 aliphatic rings. The van der Waals surface area contributed by atoms with E-state index in [9.17, 15) is 19.2 Å². The molecule has 4 rings (SSSR count). The van der Waals surface area contributed by atoms with E-state index < -0.39 is 23.7 Å². The summed E-state index contributed by atoms with van der Waals surface area (Å²) in [6.07, 6.45) is 4.73. The Morgan fingerprint density at radius 2 is 1.50 bits per heavy atom. The predicted molar refractivity (Wildman–Crippen MR) is 139 cm³/mol. The van der Waals surface area contributed by atoms with Crippen molar-refractivity contribution in [3.63, 3.8) is 0 Å². The molecule has 0 aromatic heterocycles. The molecule has 1 heterocycles. The van der Waals surface area contributed by atoms with E-state index in [4.69, 9.17) is 9.57 Å². The second-order valence-corrected chi connectivity index (χ2v) is 11.9. The molecule has 2 amide bonds. The average molecular weight is 777 g/mol. The Morgan fingerprint density at radius 1 is 0.875 bits per heavy atom. The van der Waals surface area contributed by atoms with Gasteiger partial charge in [-0.05, 0) is 124 Å². The van der Waals surface area contributed by atoms with E-state index in [2.05, 4.69) is 67.8 Å². The number of hydrogen-bond acceptors (Lipinski definition) is 6.